The maximum atomic E-state index is 13.4. The lowest BCUT2D eigenvalue weighted by Gasteiger charge is -2.32. The summed E-state index contributed by atoms with van der Waals surface area (Å²) in [4.78, 5) is 15.0. The maximum absolute atomic E-state index is 13.4. The van der Waals surface area contributed by atoms with Gasteiger partial charge in [0.25, 0.3) is 5.91 Å². The Morgan fingerprint density at radius 2 is 1.94 bits per heavy atom. The van der Waals surface area contributed by atoms with Gasteiger partial charge in [-0.25, -0.2) is 13.5 Å². The molecule has 168 valence electrons. The van der Waals surface area contributed by atoms with Crippen LogP contribution in [-0.4, -0.2) is 52.0 Å². The van der Waals surface area contributed by atoms with Crippen molar-refractivity contribution < 1.29 is 18.3 Å². The zero-order valence-electron chi connectivity index (χ0n) is 18.0. The van der Waals surface area contributed by atoms with E-state index in [4.69, 9.17) is 4.74 Å². The monoisotopic (exact) mass is 441 g/mol. The van der Waals surface area contributed by atoms with Gasteiger partial charge in [-0.1, -0.05) is 17.3 Å². The summed E-state index contributed by atoms with van der Waals surface area (Å²) < 4.78 is 33.4. The van der Waals surface area contributed by atoms with Crippen LogP contribution in [0.4, 0.5) is 8.78 Å². The Morgan fingerprint density at radius 3 is 2.66 bits per heavy atom. The number of halogens is 2. The first kappa shape index (κ1) is 21.9. The van der Waals surface area contributed by atoms with Crippen molar-refractivity contribution in [2.24, 2.45) is 0 Å². The van der Waals surface area contributed by atoms with Gasteiger partial charge in [0.15, 0.2) is 17.3 Å². The van der Waals surface area contributed by atoms with Crippen molar-refractivity contribution in [2.75, 3.05) is 20.2 Å². The zero-order valence-corrected chi connectivity index (χ0v) is 18.0. The molecule has 3 aromatic rings. The molecule has 0 aliphatic carbocycles. The van der Waals surface area contributed by atoms with E-state index in [0.717, 1.165) is 43.2 Å². The molecule has 0 saturated carbocycles. The Kier molecular flexibility index (Phi) is 6.45. The molecule has 2 aromatic carbocycles. The molecule has 1 N–H and O–H groups in total. The lowest BCUT2D eigenvalue weighted by molar-refractivity contribution is 0.0903. The fourth-order valence-electron chi connectivity index (χ4n) is 3.91. The van der Waals surface area contributed by atoms with Gasteiger partial charge < -0.3 is 10.1 Å². The summed E-state index contributed by atoms with van der Waals surface area (Å²) >= 11 is 0. The fraction of sp³-hybridized carbons (Fsp3) is 0.348. The number of hydrogen-bond donors (Lipinski definition) is 1. The van der Waals surface area contributed by atoms with Crippen molar-refractivity contribution in [2.45, 2.75) is 32.4 Å². The smallest absolute Gasteiger partial charge is 0.273 e. The fourth-order valence-corrected chi connectivity index (χ4v) is 3.91. The minimum Gasteiger partial charge on any atom is -0.497 e. The maximum Gasteiger partial charge on any atom is 0.273 e. The topological polar surface area (TPSA) is 72.3 Å². The molecule has 7 nitrogen and oxygen atoms in total. The Morgan fingerprint density at radius 1 is 1.16 bits per heavy atom. The number of nitrogens with zero attached hydrogens (tertiary/aromatic N) is 4. The summed E-state index contributed by atoms with van der Waals surface area (Å²) in [6, 6.07) is 11.4. The molecule has 1 aliphatic heterocycles. The van der Waals surface area contributed by atoms with Crippen LogP contribution in [0, 0.1) is 18.6 Å². The van der Waals surface area contributed by atoms with Crippen LogP contribution in [0.1, 0.15) is 34.6 Å². The van der Waals surface area contributed by atoms with E-state index in [9.17, 15) is 13.6 Å². The third kappa shape index (κ3) is 4.77. The molecule has 1 saturated heterocycles. The van der Waals surface area contributed by atoms with Crippen LogP contribution >= 0.6 is 0 Å². The number of nitrogens with one attached hydrogen (secondary N) is 1. The van der Waals surface area contributed by atoms with Crippen LogP contribution < -0.4 is 10.1 Å². The van der Waals surface area contributed by atoms with Crippen molar-refractivity contribution in [3.05, 3.63) is 71.1 Å². The molecule has 1 aromatic heterocycles. The highest BCUT2D eigenvalue weighted by Gasteiger charge is 2.24. The van der Waals surface area contributed by atoms with Crippen LogP contribution in [0.5, 0.6) is 5.75 Å². The van der Waals surface area contributed by atoms with Gasteiger partial charge in [-0.15, -0.1) is 5.10 Å². The van der Waals surface area contributed by atoms with Gasteiger partial charge in [0.2, 0.25) is 0 Å². The standard InChI is InChI=1S/C23H25F2N5O2/c1-15-22(27-28-30(15)18-4-3-5-19(13-18)32-2)23(31)26-17-8-10-29(11-9-17)14-16-6-7-20(24)21(25)12-16/h3-7,12-13,17H,8-11,14H2,1-2H3,(H,26,31). The van der Waals surface area contributed by atoms with E-state index < -0.39 is 11.6 Å². The van der Waals surface area contributed by atoms with E-state index in [2.05, 4.69) is 20.5 Å². The number of likely N-dealkylation sites (tertiary alicyclic amines) is 1. The van der Waals surface area contributed by atoms with Crippen molar-refractivity contribution in [3.63, 3.8) is 0 Å². The summed E-state index contributed by atoms with van der Waals surface area (Å²) in [7, 11) is 1.59. The van der Waals surface area contributed by atoms with Gasteiger partial charge >= 0.3 is 0 Å². The predicted molar refractivity (Wildman–Crippen MR) is 115 cm³/mol. The molecule has 1 amide bonds. The summed E-state index contributed by atoms with van der Waals surface area (Å²) in [6.07, 6.45) is 1.52. The molecule has 0 unspecified atom stereocenters. The van der Waals surface area contributed by atoms with E-state index in [0.29, 0.717) is 18.0 Å². The Hall–Kier alpha value is -3.33. The van der Waals surface area contributed by atoms with E-state index >= 15 is 0 Å². The number of rotatable bonds is 6. The minimum absolute atomic E-state index is 0.0186. The van der Waals surface area contributed by atoms with Gasteiger partial charge in [-0.2, -0.15) is 0 Å². The van der Waals surface area contributed by atoms with E-state index in [1.165, 1.54) is 6.07 Å². The van der Waals surface area contributed by atoms with Crippen LogP contribution in [-0.2, 0) is 6.54 Å². The first-order valence-electron chi connectivity index (χ1n) is 10.5. The van der Waals surface area contributed by atoms with Crippen molar-refractivity contribution in [1.82, 2.24) is 25.2 Å². The van der Waals surface area contributed by atoms with Gasteiger partial charge in [-0.3, -0.25) is 9.69 Å². The van der Waals surface area contributed by atoms with E-state index in [-0.39, 0.29) is 17.6 Å². The molecule has 0 atom stereocenters. The molecule has 2 heterocycles. The minimum atomic E-state index is -0.839. The molecule has 32 heavy (non-hydrogen) atoms. The largest absolute Gasteiger partial charge is 0.497 e. The predicted octanol–water partition coefficient (Wildman–Crippen LogP) is 3.26. The second-order valence-electron chi connectivity index (χ2n) is 7.91. The number of aromatic nitrogens is 3. The van der Waals surface area contributed by atoms with Gasteiger partial charge in [0.05, 0.1) is 18.5 Å². The molecule has 1 fully saturated rings. The molecule has 4 rings (SSSR count). The normalized spacial score (nSPS) is 15.0. The first-order chi connectivity index (χ1) is 15.4. The molecular weight excluding hydrogens is 416 g/mol. The number of benzene rings is 2. The summed E-state index contributed by atoms with van der Waals surface area (Å²) in [5.74, 6) is -1.23. The Balaban J connectivity index is 1.34. The van der Waals surface area contributed by atoms with Crippen LogP contribution in [0.3, 0.4) is 0 Å². The number of piperidine rings is 1. The highest BCUT2D eigenvalue weighted by Crippen LogP contribution is 2.19. The van der Waals surface area contributed by atoms with Crippen LogP contribution in [0.2, 0.25) is 0 Å². The van der Waals surface area contributed by atoms with Crippen molar-refractivity contribution >= 4 is 5.91 Å². The second kappa shape index (κ2) is 9.44. The second-order valence-corrected chi connectivity index (χ2v) is 7.91. The molecule has 0 spiro atoms. The SMILES string of the molecule is COc1cccc(-n2nnc(C(=O)NC3CCN(Cc4ccc(F)c(F)c4)CC3)c2C)c1. The highest BCUT2D eigenvalue weighted by atomic mass is 19.2. The summed E-state index contributed by atoms with van der Waals surface area (Å²) in [5.41, 5.74) is 2.43. The number of amides is 1. The quantitative estimate of drug-likeness (QED) is 0.636. The first-order valence-corrected chi connectivity index (χ1v) is 10.5. The lowest BCUT2D eigenvalue weighted by Crippen LogP contribution is -2.44. The van der Waals surface area contributed by atoms with Crippen molar-refractivity contribution in [3.8, 4) is 11.4 Å². The summed E-state index contributed by atoms with van der Waals surface area (Å²) in [6.45, 7) is 3.85. The molecule has 0 bridgehead atoms. The average Bonchev–Trinajstić information content (AvgIpc) is 3.19. The zero-order chi connectivity index (χ0) is 22.7. The number of ether oxygens (including phenoxy) is 1. The van der Waals surface area contributed by atoms with Gasteiger partial charge in [0, 0.05) is 31.7 Å². The van der Waals surface area contributed by atoms with Gasteiger partial charge in [0.1, 0.15) is 5.75 Å². The van der Waals surface area contributed by atoms with Crippen LogP contribution in [0.25, 0.3) is 5.69 Å². The highest BCUT2D eigenvalue weighted by molar-refractivity contribution is 5.93. The number of methoxy groups -OCH3 is 1. The van der Waals surface area contributed by atoms with Gasteiger partial charge in [-0.05, 0) is 49.6 Å². The van der Waals surface area contributed by atoms with Crippen LogP contribution in [0.15, 0.2) is 42.5 Å². The average molecular weight is 441 g/mol. The Labute approximate surface area is 185 Å². The molecular formula is C23H25F2N5O2. The third-order valence-electron chi connectivity index (χ3n) is 5.72. The number of hydrogen-bond acceptors (Lipinski definition) is 5. The summed E-state index contributed by atoms with van der Waals surface area (Å²) in [5, 5.41) is 11.3. The van der Waals surface area contributed by atoms with E-state index in [1.54, 1.807) is 24.8 Å². The molecule has 0 radical (unpaired) electrons. The third-order valence-corrected chi connectivity index (χ3v) is 5.72. The number of carbonyl (C=O) groups is 1. The lowest BCUT2D eigenvalue weighted by atomic mass is 10.0. The van der Waals surface area contributed by atoms with Crippen molar-refractivity contribution in [1.29, 1.82) is 0 Å². The van der Waals surface area contributed by atoms with E-state index in [1.807, 2.05) is 24.3 Å². The Bertz CT molecular complexity index is 1110. The molecule has 9 heteroatoms. The number of carbonyl (C=O) groups excluding carboxylic acids is 1. The molecule has 1 aliphatic rings.